The fourth-order valence-corrected chi connectivity index (χ4v) is 3.26. The molecule has 3 rings (SSSR count). The number of carbonyl (C=O) groups is 2. The van der Waals surface area contributed by atoms with Gasteiger partial charge in [0.05, 0.1) is 27.3 Å². The number of ether oxygens (including phenoxy) is 2. The lowest BCUT2D eigenvalue weighted by atomic mass is 10.0. The lowest BCUT2D eigenvalue weighted by molar-refractivity contribution is -0.905. The molecule has 0 aliphatic carbocycles. The highest BCUT2D eigenvalue weighted by Gasteiger charge is 2.75. The molecular weight excluding hydrogens is 248 g/mol. The van der Waals surface area contributed by atoms with Gasteiger partial charge in [0.15, 0.2) is 0 Å². The summed E-state index contributed by atoms with van der Waals surface area (Å²) in [6.45, 7) is 6.13. The van der Waals surface area contributed by atoms with E-state index in [9.17, 15) is 9.59 Å². The van der Waals surface area contributed by atoms with E-state index in [1.807, 2.05) is 20.9 Å². The molecule has 19 heavy (non-hydrogen) atoms. The molecule has 0 spiro atoms. The lowest BCUT2D eigenvalue weighted by Crippen LogP contribution is -2.61. The SMILES string of the molecule is CC1(C)C(=O)[N+](C)(CC2CO2)C(=O)[N+]1(C)CC1CO1. The zero-order valence-corrected chi connectivity index (χ0v) is 12.0. The van der Waals surface area contributed by atoms with Gasteiger partial charge in [-0.25, -0.2) is 4.79 Å². The van der Waals surface area contributed by atoms with Crippen LogP contribution < -0.4 is 0 Å². The predicted octanol–water partition coefficient (Wildman–Crippen LogP) is 0.116. The molecule has 0 aromatic heterocycles. The van der Waals surface area contributed by atoms with Crippen molar-refractivity contribution >= 4 is 11.9 Å². The Morgan fingerprint density at radius 1 is 1.11 bits per heavy atom. The maximum absolute atomic E-state index is 12.9. The van der Waals surface area contributed by atoms with Gasteiger partial charge in [-0.15, -0.1) is 4.48 Å². The van der Waals surface area contributed by atoms with Crippen molar-refractivity contribution in [1.29, 1.82) is 0 Å². The highest BCUT2D eigenvalue weighted by atomic mass is 16.6. The van der Waals surface area contributed by atoms with Gasteiger partial charge >= 0.3 is 11.9 Å². The minimum atomic E-state index is -0.716. The van der Waals surface area contributed by atoms with Crippen molar-refractivity contribution < 1.29 is 28.0 Å². The summed E-state index contributed by atoms with van der Waals surface area (Å²) in [6, 6.07) is -0.0407. The summed E-state index contributed by atoms with van der Waals surface area (Å²) in [5.74, 6) is -0.0175. The second kappa shape index (κ2) is 3.63. The Morgan fingerprint density at radius 3 is 2.05 bits per heavy atom. The van der Waals surface area contributed by atoms with Crippen LogP contribution in [-0.2, 0) is 14.3 Å². The molecule has 3 amide bonds. The minimum absolute atomic E-state index is 0.0175. The second-order valence-corrected chi connectivity index (χ2v) is 6.81. The number of rotatable bonds is 4. The summed E-state index contributed by atoms with van der Waals surface area (Å²) in [5.41, 5.74) is -0.716. The van der Waals surface area contributed by atoms with E-state index in [0.29, 0.717) is 26.3 Å². The first-order chi connectivity index (χ1) is 8.72. The van der Waals surface area contributed by atoms with E-state index >= 15 is 0 Å². The number of nitrogens with zero attached hydrogens (tertiary/aromatic N) is 2. The molecule has 4 atom stereocenters. The van der Waals surface area contributed by atoms with Crippen molar-refractivity contribution in [1.82, 2.24) is 0 Å². The van der Waals surface area contributed by atoms with Crippen LogP contribution in [-0.4, -0.2) is 79.0 Å². The van der Waals surface area contributed by atoms with Gasteiger partial charge in [0, 0.05) is 13.8 Å². The molecule has 0 saturated carbocycles. The van der Waals surface area contributed by atoms with Gasteiger partial charge in [0.25, 0.3) is 0 Å². The average Bonchev–Trinajstić information content (AvgIpc) is 3.21. The molecule has 0 aromatic rings. The van der Waals surface area contributed by atoms with Gasteiger partial charge in [-0.2, -0.15) is 9.28 Å². The summed E-state index contributed by atoms with van der Waals surface area (Å²) < 4.78 is 10.4. The fraction of sp³-hybridized carbons (Fsp3) is 0.846. The lowest BCUT2D eigenvalue weighted by Gasteiger charge is -2.32. The van der Waals surface area contributed by atoms with Crippen LogP contribution in [0.4, 0.5) is 4.79 Å². The average molecular weight is 270 g/mol. The first kappa shape index (κ1) is 13.2. The Hall–Kier alpha value is -0.820. The number of epoxide rings is 2. The maximum atomic E-state index is 12.9. The molecule has 3 heterocycles. The van der Waals surface area contributed by atoms with Crippen molar-refractivity contribution in [3.63, 3.8) is 0 Å². The van der Waals surface area contributed by atoms with Crippen molar-refractivity contribution in [2.24, 2.45) is 0 Å². The van der Waals surface area contributed by atoms with Crippen molar-refractivity contribution in [2.45, 2.75) is 31.6 Å². The largest absolute Gasteiger partial charge is 0.522 e. The van der Waals surface area contributed by atoms with Crippen LogP contribution in [0.3, 0.4) is 0 Å². The van der Waals surface area contributed by atoms with Crippen LogP contribution in [0.5, 0.6) is 0 Å². The first-order valence-electron chi connectivity index (χ1n) is 6.76. The summed E-state index contributed by atoms with van der Waals surface area (Å²) in [6.07, 6.45) is 0.169. The number of hydrogen-bond donors (Lipinski definition) is 0. The molecular formula is C13H22N2O4+2. The van der Waals surface area contributed by atoms with E-state index < -0.39 is 5.54 Å². The Balaban J connectivity index is 1.96. The number of urea groups is 1. The van der Waals surface area contributed by atoms with Gasteiger partial charge in [0.2, 0.25) is 5.54 Å². The zero-order chi connectivity index (χ0) is 14.1. The number of carbonyl (C=O) groups excluding carboxylic acids is 2. The van der Waals surface area contributed by atoms with Crippen LogP contribution in [0, 0.1) is 0 Å². The quantitative estimate of drug-likeness (QED) is 0.413. The topological polar surface area (TPSA) is 59.2 Å². The van der Waals surface area contributed by atoms with E-state index in [-0.39, 0.29) is 33.1 Å². The summed E-state index contributed by atoms with van der Waals surface area (Å²) in [7, 11) is 3.59. The smallest absolute Gasteiger partial charge is 0.367 e. The molecule has 106 valence electrons. The molecule has 4 unspecified atom stereocenters. The van der Waals surface area contributed by atoms with Crippen LogP contribution in [0.2, 0.25) is 0 Å². The summed E-state index contributed by atoms with van der Waals surface area (Å²) >= 11 is 0. The molecule has 6 heteroatoms. The molecule has 0 radical (unpaired) electrons. The van der Waals surface area contributed by atoms with E-state index in [2.05, 4.69) is 0 Å². The van der Waals surface area contributed by atoms with Gasteiger partial charge in [-0.1, -0.05) is 0 Å². The normalized spacial score (nSPS) is 47.6. The van der Waals surface area contributed by atoms with Crippen LogP contribution in [0.15, 0.2) is 0 Å². The van der Waals surface area contributed by atoms with Crippen LogP contribution in [0.1, 0.15) is 13.8 Å². The highest BCUT2D eigenvalue weighted by molar-refractivity contribution is 5.92. The third kappa shape index (κ3) is 1.71. The Morgan fingerprint density at radius 2 is 1.58 bits per heavy atom. The molecule has 0 aromatic carbocycles. The van der Waals surface area contributed by atoms with Gasteiger partial charge in [-0.05, 0) is 0 Å². The third-order valence-electron chi connectivity index (χ3n) is 4.99. The maximum Gasteiger partial charge on any atom is 0.522 e. The number of likely N-dealkylation sites (N-methyl/N-ethyl adjacent to an activating group) is 2. The Kier molecular flexibility index (Phi) is 2.52. The van der Waals surface area contributed by atoms with Gasteiger partial charge < -0.3 is 9.47 Å². The summed E-state index contributed by atoms with van der Waals surface area (Å²) in [4.78, 5) is 25.7. The minimum Gasteiger partial charge on any atom is -0.367 e. The number of amides is 3. The first-order valence-corrected chi connectivity index (χ1v) is 6.76. The van der Waals surface area contributed by atoms with Gasteiger partial charge in [0.1, 0.15) is 25.3 Å². The van der Waals surface area contributed by atoms with E-state index in [4.69, 9.17) is 9.47 Å². The standard InChI is InChI=1S/C13H22N2O4/c1-13(2)11(16)14(3,5-9-7-18-9)12(17)15(13,4)6-10-8-19-10/h9-10H,5-8H2,1-4H3/q+2. The summed E-state index contributed by atoms with van der Waals surface area (Å²) in [5, 5.41) is 0. The number of imide groups is 1. The van der Waals surface area contributed by atoms with E-state index in [0.717, 1.165) is 0 Å². The molecule has 3 aliphatic heterocycles. The predicted molar refractivity (Wildman–Crippen MR) is 66.1 cm³/mol. The van der Waals surface area contributed by atoms with Crippen LogP contribution in [0.25, 0.3) is 0 Å². The Bertz CT molecular complexity index is 456. The van der Waals surface area contributed by atoms with Gasteiger partial charge in [-0.3, -0.25) is 0 Å². The molecule has 6 nitrogen and oxygen atoms in total. The number of hydrogen-bond acceptors (Lipinski definition) is 4. The van der Waals surface area contributed by atoms with Crippen molar-refractivity contribution in [3.8, 4) is 0 Å². The molecule has 3 saturated heterocycles. The third-order valence-corrected chi connectivity index (χ3v) is 4.99. The highest BCUT2D eigenvalue weighted by Crippen LogP contribution is 2.40. The Labute approximate surface area is 113 Å². The molecule has 3 fully saturated rings. The van der Waals surface area contributed by atoms with E-state index in [1.54, 1.807) is 7.05 Å². The second-order valence-electron chi connectivity index (χ2n) is 6.81. The zero-order valence-electron chi connectivity index (χ0n) is 12.0. The fourth-order valence-electron chi connectivity index (χ4n) is 3.26. The molecule has 0 bridgehead atoms. The van der Waals surface area contributed by atoms with Crippen molar-refractivity contribution in [3.05, 3.63) is 0 Å². The van der Waals surface area contributed by atoms with Crippen molar-refractivity contribution in [2.75, 3.05) is 40.4 Å². The van der Waals surface area contributed by atoms with E-state index in [1.165, 1.54) is 0 Å². The van der Waals surface area contributed by atoms with Crippen LogP contribution >= 0.6 is 0 Å². The monoisotopic (exact) mass is 270 g/mol. The molecule has 0 N–H and O–H groups in total. The molecule has 3 aliphatic rings. The number of quaternary nitrogens is 2.